The van der Waals surface area contributed by atoms with Gasteiger partial charge in [-0.25, -0.2) is 4.39 Å². The molecule has 1 heterocycles. The number of benzene rings is 1. The molecule has 0 bridgehead atoms. The number of hydrogen-bond donors (Lipinski definition) is 0. The van der Waals surface area contributed by atoms with Crippen LogP contribution in [0.4, 0.5) is 4.39 Å². The highest BCUT2D eigenvalue weighted by atomic mass is 19.1. The van der Waals surface area contributed by atoms with Gasteiger partial charge in [0.15, 0.2) is 0 Å². The molecule has 1 aromatic rings. The molecular formula is C14H15FN2O2. The van der Waals surface area contributed by atoms with Gasteiger partial charge < -0.3 is 9.64 Å². The Morgan fingerprint density at radius 1 is 1.53 bits per heavy atom. The van der Waals surface area contributed by atoms with Gasteiger partial charge in [0.2, 0.25) is 0 Å². The van der Waals surface area contributed by atoms with Gasteiger partial charge in [0.25, 0.3) is 5.91 Å². The molecule has 1 amide bonds. The van der Waals surface area contributed by atoms with Crippen LogP contribution in [-0.2, 0) is 0 Å². The number of ether oxygens (including phenoxy) is 1. The highest BCUT2D eigenvalue weighted by molar-refractivity contribution is 6.00. The third kappa shape index (κ3) is 2.14. The lowest BCUT2D eigenvalue weighted by Gasteiger charge is -2.21. The van der Waals surface area contributed by atoms with Crippen LogP contribution in [0, 0.1) is 23.1 Å². The van der Waals surface area contributed by atoms with Crippen molar-refractivity contribution in [2.75, 3.05) is 13.7 Å². The lowest BCUT2D eigenvalue weighted by atomic mass is 10.0. The molecule has 2 rings (SSSR count). The number of amides is 1. The Morgan fingerprint density at radius 2 is 2.21 bits per heavy atom. The van der Waals surface area contributed by atoms with E-state index in [9.17, 15) is 14.4 Å². The number of carbonyl (C=O) groups is 1. The summed E-state index contributed by atoms with van der Waals surface area (Å²) in [5, 5.41) is 9.26. The standard InChI is InChI=1S/C14H15FN2O2/c1-8(2)7-17-12(6-16)10-4-9(19-3)5-11(15)13(10)14(17)18/h4-5,8,12H,7H2,1-3H3. The molecule has 0 saturated carbocycles. The van der Waals surface area contributed by atoms with E-state index in [0.717, 1.165) is 0 Å². The average Bonchev–Trinajstić information content (AvgIpc) is 2.61. The second-order valence-corrected chi connectivity index (χ2v) is 4.96. The third-order valence-electron chi connectivity index (χ3n) is 3.10. The fourth-order valence-electron chi connectivity index (χ4n) is 2.31. The fraction of sp³-hybridized carbons (Fsp3) is 0.429. The summed E-state index contributed by atoms with van der Waals surface area (Å²) in [6.45, 7) is 4.32. The minimum absolute atomic E-state index is 0.00648. The van der Waals surface area contributed by atoms with Gasteiger partial charge in [0.1, 0.15) is 17.6 Å². The van der Waals surface area contributed by atoms with E-state index in [2.05, 4.69) is 6.07 Å². The quantitative estimate of drug-likeness (QED) is 0.841. The lowest BCUT2D eigenvalue weighted by molar-refractivity contribution is 0.0733. The summed E-state index contributed by atoms with van der Waals surface area (Å²) in [6, 6.07) is 4.06. The van der Waals surface area contributed by atoms with E-state index in [1.807, 2.05) is 13.8 Å². The number of hydrogen-bond acceptors (Lipinski definition) is 3. The molecule has 5 heteroatoms. The molecule has 4 nitrogen and oxygen atoms in total. The largest absolute Gasteiger partial charge is 0.497 e. The molecule has 1 aromatic carbocycles. The van der Waals surface area contributed by atoms with E-state index in [0.29, 0.717) is 17.9 Å². The summed E-state index contributed by atoms with van der Waals surface area (Å²) in [4.78, 5) is 13.6. The van der Waals surface area contributed by atoms with Crippen LogP contribution in [0.3, 0.4) is 0 Å². The first-order valence-corrected chi connectivity index (χ1v) is 6.07. The Labute approximate surface area is 111 Å². The first-order valence-electron chi connectivity index (χ1n) is 6.07. The monoisotopic (exact) mass is 262 g/mol. The van der Waals surface area contributed by atoms with Gasteiger partial charge in [-0.3, -0.25) is 4.79 Å². The van der Waals surface area contributed by atoms with Crippen molar-refractivity contribution in [2.45, 2.75) is 19.9 Å². The van der Waals surface area contributed by atoms with Crippen LogP contribution in [0.15, 0.2) is 12.1 Å². The summed E-state index contributed by atoms with van der Waals surface area (Å²) >= 11 is 0. The Kier molecular flexibility index (Phi) is 3.43. The van der Waals surface area contributed by atoms with Crippen molar-refractivity contribution < 1.29 is 13.9 Å². The second-order valence-electron chi connectivity index (χ2n) is 4.96. The van der Waals surface area contributed by atoms with Crippen molar-refractivity contribution in [3.8, 4) is 11.8 Å². The number of halogens is 1. The third-order valence-corrected chi connectivity index (χ3v) is 3.10. The molecule has 0 aromatic heterocycles. The van der Waals surface area contributed by atoms with E-state index in [-0.39, 0.29) is 11.5 Å². The summed E-state index contributed by atoms with van der Waals surface area (Å²) in [5.74, 6) is -0.531. The Balaban J connectivity index is 2.53. The smallest absolute Gasteiger partial charge is 0.258 e. The van der Waals surface area contributed by atoms with Crippen molar-refractivity contribution in [1.29, 1.82) is 5.26 Å². The van der Waals surface area contributed by atoms with Crippen LogP contribution in [0.25, 0.3) is 0 Å². The van der Waals surface area contributed by atoms with Crippen LogP contribution in [0.2, 0.25) is 0 Å². The minimum atomic E-state index is -0.741. The van der Waals surface area contributed by atoms with Gasteiger partial charge in [-0.2, -0.15) is 5.26 Å². The van der Waals surface area contributed by atoms with E-state index in [1.165, 1.54) is 18.1 Å². The van der Waals surface area contributed by atoms with E-state index < -0.39 is 17.8 Å². The first kappa shape index (κ1) is 13.3. The number of nitriles is 1. The molecule has 0 radical (unpaired) electrons. The minimum Gasteiger partial charge on any atom is -0.497 e. The highest BCUT2D eigenvalue weighted by Gasteiger charge is 2.39. The lowest BCUT2D eigenvalue weighted by Crippen LogP contribution is -2.31. The molecule has 0 N–H and O–H groups in total. The molecule has 100 valence electrons. The molecule has 1 aliphatic heterocycles. The van der Waals surface area contributed by atoms with Crippen molar-refractivity contribution in [1.82, 2.24) is 4.90 Å². The predicted molar refractivity (Wildman–Crippen MR) is 67.2 cm³/mol. The van der Waals surface area contributed by atoms with Crippen molar-refractivity contribution >= 4 is 5.91 Å². The average molecular weight is 262 g/mol. The highest BCUT2D eigenvalue weighted by Crippen LogP contribution is 2.37. The van der Waals surface area contributed by atoms with Crippen LogP contribution >= 0.6 is 0 Å². The number of fused-ring (bicyclic) bond motifs is 1. The number of carbonyl (C=O) groups excluding carboxylic acids is 1. The molecule has 0 saturated heterocycles. The van der Waals surface area contributed by atoms with Gasteiger partial charge in [0.05, 0.1) is 18.7 Å². The fourth-order valence-corrected chi connectivity index (χ4v) is 2.31. The van der Waals surface area contributed by atoms with E-state index >= 15 is 0 Å². The summed E-state index contributed by atoms with van der Waals surface area (Å²) in [5.41, 5.74) is 0.387. The Hall–Kier alpha value is -2.09. The zero-order chi connectivity index (χ0) is 14.2. The Bertz CT molecular complexity index is 563. The molecule has 0 aliphatic carbocycles. The van der Waals surface area contributed by atoms with Crippen LogP contribution in [0.1, 0.15) is 35.8 Å². The van der Waals surface area contributed by atoms with Crippen LogP contribution < -0.4 is 4.74 Å². The molecule has 0 spiro atoms. The van der Waals surface area contributed by atoms with Crippen LogP contribution in [0.5, 0.6) is 5.75 Å². The molecular weight excluding hydrogens is 247 g/mol. The number of nitrogens with zero attached hydrogens (tertiary/aromatic N) is 2. The summed E-state index contributed by atoms with van der Waals surface area (Å²) < 4.78 is 19.0. The van der Waals surface area contributed by atoms with Crippen LogP contribution in [-0.4, -0.2) is 24.5 Å². The van der Waals surface area contributed by atoms with Crippen molar-refractivity contribution in [2.24, 2.45) is 5.92 Å². The van der Waals surface area contributed by atoms with Crippen molar-refractivity contribution in [3.63, 3.8) is 0 Å². The molecule has 1 unspecified atom stereocenters. The SMILES string of the molecule is COc1cc(F)c2c(c1)C(C#N)N(CC(C)C)C2=O. The molecule has 0 fully saturated rings. The number of rotatable bonds is 3. The van der Waals surface area contributed by atoms with Gasteiger partial charge in [-0.05, 0) is 12.0 Å². The molecule has 1 atom stereocenters. The maximum absolute atomic E-state index is 14.0. The predicted octanol–water partition coefficient (Wildman–Crippen LogP) is 2.51. The van der Waals surface area contributed by atoms with Gasteiger partial charge in [-0.15, -0.1) is 0 Å². The topological polar surface area (TPSA) is 53.3 Å². The Morgan fingerprint density at radius 3 is 2.74 bits per heavy atom. The molecule has 19 heavy (non-hydrogen) atoms. The number of methoxy groups -OCH3 is 1. The van der Waals surface area contributed by atoms with Gasteiger partial charge in [-0.1, -0.05) is 13.8 Å². The maximum Gasteiger partial charge on any atom is 0.258 e. The normalized spacial score (nSPS) is 17.6. The van der Waals surface area contributed by atoms with E-state index in [4.69, 9.17) is 4.74 Å². The van der Waals surface area contributed by atoms with E-state index in [1.54, 1.807) is 6.07 Å². The molecule has 1 aliphatic rings. The zero-order valence-electron chi connectivity index (χ0n) is 11.1. The van der Waals surface area contributed by atoms with Gasteiger partial charge in [0, 0.05) is 18.2 Å². The summed E-state index contributed by atoms with van der Waals surface area (Å²) in [7, 11) is 1.42. The second kappa shape index (κ2) is 4.88. The van der Waals surface area contributed by atoms with Crippen molar-refractivity contribution in [3.05, 3.63) is 29.1 Å². The maximum atomic E-state index is 14.0. The first-order chi connectivity index (χ1) is 8.99. The zero-order valence-corrected chi connectivity index (χ0v) is 11.1. The summed E-state index contributed by atoms with van der Waals surface area (Å²) in [6.07, 6.45) is 0. The van der Waals surface area contributed by atoms with Gasteiger partial charge >= 0.3 is 0 Å².